The molecule has 10 heteroatoms. The molecule has 1 aliphatic rings. The van der Waals surface area contributed by atoms with E-state index in [1.807, 2.05) is 18.2 Å². The molecule has 1 aromatic heterocycles. The number of piperazine rings is 1. The van der Waals surface area contributed by atoms with Crippen LogP contribution in [0.5, 0.6) is 0 Å². The second-order valence-corrected chi connectivity index (χ2v) is 7.25. The lowest BCUT2D eigenvalue weighted by Crippen LogP contribution is -2.53. The maximum atomic E-state index is 6.37. The zero-order chi connectivity index (χ0) is 20.5. The molecule has 0 bridgehead atoms. The number of aryl methyl sites for hydroxylation is 1. The molecule has 0 saturated carbocycles. The van der Waals surface area contributed by atoms with E-state index < -0.39 is 0 Å². The third-order valence-corrected chi connectivity index (χ3v) is 5.30. The number of benzene rings is 1. The van der Waals surface area contributed by atoms with E-state index in [0.29, 0.717) is 13.2 Å². The van der Waals surface area contributed by atoms with Gasteiger partial charge < -0.3 is 24.4 Å². The van der Waals surface area contributed by atoms with Gasteiger partial charge in [-0.05, 0) is 12.1 Å². The average molecular weight is 548 g/mol. The number of halogens is 2. The molecule has 30 heavy (non-hydrogen) atoms. The van der Waals surface area contributed by atoms with E-state index in [-0.39, 0.29) is 24.0 Å². The quantitative estimate of drug-likeness (QED) is 0.237. The Labute approximate surface area is 200 Å². The van der Waals surface area contributed by atoms with Crippen LogP contribution in [0, 0.1) is 0 Å². The minimum absolute atomic E-state index is 0. The van der Waals surface area contributed by atoms with E-state index in [1.165, 1.54) is 0 Å². The fourth-order valence-corrected chi connectivity index (χ4v) is 3.66. The molecule has 3 rings (SSSR count). The lowest BCUT2D eigenvalue weighted by Gasteiger charge is -2.38. The molecule has 1 aromatic carbocycles. The summed E-state index contributed by atoms with van der Waals surface area (Å²) < 4.78 is 7.24. The van der Waals surface area contributed by atoms with Gasteiger partial charge in [-0.2, -0.15) is 0 Å². The number of aliphatic imine (C=N–C) groups is 1. The van der Waals surface area contributed by atoms with Crippen molar-refractivity contribution in [2.75, 3.05) is 57.9 Å². The van der Waals surface area contributed by atoms with Crippen molar-refractivity contribution in [1.29, 1.82) is 0 Å². The summed E-state index contributed by atoms with van der Waals surface area (Å²) in [5.41, 5.74) is 1.10. The lowest BCUT2D eigenvalue weighted by atomic mass is 10.2. The first-order chi connectivity index (χ1) is 14.2. The van der Waals surface area contributed by atoms with E-state index in [9.17, 15) is 0 Å². The predicted molar refractivity (Wildman–Crippen MR) is 132 cm³/mol. The molecule has 2 heterocycles. The number of nitrogens with zero attached hydrogens (tertiary/aromatic N) is 6. The topological polar surface area (TPSA) is 70.8 Å². The summed E-state index contributed by atoms with van der Waals surface area (Å²) in [5.74, 6) is 1.92. The van der Waals surface area contributed by atoms with Crippen LogP contribution < -0.4 is 10.2 Å². The molecule has 0 atom stereocenters. The molecule has 1 N–H and O–H groups in total. The first kappa shape index (κ1) is 24.7. The molecular weight excluding hydrogens is 517 g/mol. The van der Waals surface area contributed by atoms with Crippen LogP contribution in [0.3, 0.4) is 0 Å². The van der Waals surface area contributed by atoms with Crippen LogP contribution in [0.1, 0.15) is 12.7 Å². The van der Waals surface area contributed by atoms with Gasteiger partial charge in [0.05, 0.1) is 23.9 Å². The molecule has 1 saturated heterocycles. The zero-order valence-electron chi connectivity index (χ0n) is 17.6. The number of guanidine groups is 1. The number of nitrogens with one attached hydrogen (secondary N) is 1. The van der Waals surface area contributed by atoms with Crippen LogP contribution in [0.4, 0.5) is 5.69 Å². The number of methoxy groups -OCH3 is 1. The Balaban J connectivity index is 0.00000320. The van der Waals surface area contributed by atoms with Crippen LogP contribution in [0.15, 0.2) is 35.6 Å². The van der Waals surface area contributed by atoms with Gasteiger partial charge in [-0.3, -0.25) is 4.99 Å². The molecule has 0 unspecified atom stereocenters. The number of hydrogen-bond donors (Lipinski definition) is 1. The van der Waals surface area contributed by atoms with E-state index in [1.54, 1.807) is 13.4 Å². The van der Waals surface area contributed by atoms with Crippen molar-refractivity contribution in [3.63, 3.8) is 0 Å². The minimum Gasteiger partial charge on any atom is -0.383 e. The van der Waals surface area contributed by atoms with Crippen molar-refractivity contribution >= 4 is 47.2 Å². The second kappa shape index (κ2) is 13.0. The summed E-state index contributed by atoms with van der Waals surface area (Å²) in [6.45, 7) is 8.48. The molecule has 0 spiro atoms. The standard InChI is InChI=1S/C20H30ClN7O.HI/c1-3-19-25-24-16-28(19)10-8-22-20(23-9-15-29-2)27-13-11-26(12-14-27)18-7-5-4-6-17(18)21;/h4-7,16H,3,8-15H2,1-2H3,(H,22,23);1H. The number of para-hydroxylation sites is 1. The largest absolute Gasteiger partial charge is 0.383 e. The third-order valence-electron chi connectivity index (χ3n) is 4.98. The van der Waals surface area contributed by atoms with E-state index in [0.717, 1.165) is 68.2 Å². The van der Waals surface area contributed by atoms with Crippen LogP contribution in [-0.2, 0) is 17.7 Å². The van der Waals surface area contributed by atoms with Gasteiger partial charge in [-0.25, -0.2) is 0 Å². The number of ether oxygens (including phenoxy) is 1. The second-order valence-electron chi connectivity index (χ2n) is 6.84. The Morgan fingerprint density at radius 2 is 2.00 bits per heavy atom. The maximum Gasteiger partial charge on any atom is 0.194 e. The Hall–Kier alpha value is -1.59. The Bertz CT molecular complexity index is 793. The van der Waals surface area contributed by atoms with Crippen molar-refractivity contribution in [2.45, 2.75) is 19.9 Å². The highest BCUT2D eigenvalue weighted by Gasteiger charge is 2.21. The van der Waals surface area contributed by atoms with Gasteiger partial charge in [0.1, 0.15) is 12.2 Å². The van der Waals surface area contributed by atoms with E-state index >= 15 is 0 Å². The summed E-state index contributed by atoms with van der Waals surface area (Å²) in [5, 5.41) is 12.4. The van der Waals surface area contributed by atoms with E-state index in [4.69, 9.17) is 21.3 Å². The number of aromatic nitrogens is 3. The Morgan fingerprint density at radius 3 is 2.70 bits per heavy atom. The number of anilines is 1. The van der Waals surface area contributed by atoms with Crippen LogP contribution in [-0.4, -0.2) is 78.6 Å². The van der Waals surface area contributed by atoms with Crippen molar-refractivity contribution < 1.29 is 4.74 Å². The van der Waals surface area contributed by atoms with Crippen molar-refractivity contribution in [1.82, 2.24) is 25.0 Å². The Morgan fingerprint density at radius 1 is 1.23 bits per heavy atom. The van der Waals surface area contributed by atoms with Crippen molar-refractivity contribution in [3.8, 4) is 0 Å². The predicted octanol–water partition coefficient (Wildman–Crippen LogP) is 2.53. The SMILES string of the molecule is CCc1nncn1CCNC(=NCCOC)N1CCN(c2ccccc2Cl)CC1.I. The van der Waals surface area contributed by atoms with Crippen molar-refractivity contribution in [2.24, 2.45) is 4.99 Å². The van der Waals surface area contributed by atoms with Crippen LogP contribution >= 0.6 is 35.6 Å². The highest BCUT2D eigenvalue weighted by atomic mass is 127. The van der Waals surface area contributed by atoms with Gasteiger partial charge in [0, 0.05) is 52.8 Å². The maximum absolute atomic E-state index is 6.37. The van der Waals surface area contributed by atoms with Gasteiger partial charge in [0.2, 0.25) is 0 Å². The highest BCUT2D eigenvalue weighted by molar-refractivity contribution is 14.0. The molecule has 0 aliphatic carbocycles. The smallest absolute Gasteiger partial charge is 0.194 e. The zero-order valence-corrected chi connectivity index (χ0v) is 20.7. The summed E-state index contributed by atoms with van der Waals surface area (Å²) in [6.07, 6.45) is 2.66. The fourth-order valence-electron chi connectivity index (χ4n) is 3.41. The first-order valence-electron chi connectivity index (χ1n) is 10.1. The molecule has 0 radical (unpaired) electrons. The van der Waals surface area contributed by atoms with E-state index in [2.05, 4.69) is 42.9 Å². The van der Waals surface area contributed by atoms with Crippen LogP contribution in [0.2, 0.25) is 5.02 Å². The summed E-state index contributed by atoms with van der Waals surface area (Å²) in [6, 6.07) is 8.01. The lowest BCUT2D eigenvalue weighted by molar-refractivity contribution is 0.207. The van der Waals surface area contributed by atoms with Crippen molar-refractivity contribution in [3.05, 3.63) is 41.4 Å². The minimum atomic E-state index is 0. The fraction of sp³-hybridized carbons (Fsp3) is 0.550. The number of hydrogen-bond acceptors (Lipinski definition) is 5. The van der Waals surface area contributed by atoms with Gasteiger partial charge in [-0.1, -0.05) is 30.7 Å². The van der Waals surface area contributed by atoms with Gasteiger partial charge in [0.25, 0.3) is 0 Å². The molecule has 0 amide bonds. The van der Waals surface area contributed by atoms with Gasteiger partial charge >= 0.3 is 0 Å². The molecule has 166 valence electrons. The highest BCUT2D eigenvalue weighted by Crippen LogP contribution is 2.26. The van der Waals surface area contributed by atoms with Crippen LogP contribution in [0.25, 0.3) is 0 Å². The Kier molecular flexibility index (Phi) is 10.7. The molecule has 1 aliphatic heterocycles. The molecule has 2 aromatic rings. The molecular formula is C20H31ClIN7O. The van der Waals surface area contributed by atoms with Gasteiger partial charge in [-0.15, -0.1) is 34.2 Å². The molecule has 8 nitrogen and oxygen atoms in total. The normalized spacial score (nSPS) is 14.6. The average Bonchev–Trinajstić information content (AvgIpc) is 3.21. The summed E-state index contributed by atoms with van der Waals surface area (Å²) in [7, 11) is 1.70. The summed E-state index contributed by atoms with van der Waals surface area (Å²) in [4.78, 5) is 9.37. The first-order valence-corrected chi connectivity index (χ1v) is 10.5. The monoisotopic (exact) mass is 547 g/mol. The molecule has 1 fully saturated rings. The van der Waals surface area contributed by atoms with Gasteiger partial charge in [0.15, 0.2) is 5.96 Å². The summed E-state index contributed by atoms with van der Waals surface area (Å²) >= 11 is 6.37. The number of rotatable bonds is 8. The third kappa shape index (κ3) is 6.71.